The molecule has 53 heavy (non-hydrogen) atoms. The summed E-state index contributed by atoms with van der Waals surface area (Å²) in [5.41, 5.74) is 14.3. The highest BCUT2D eigenvalue weighted by molar-refractivity contribution is 6.00. The van der Waals surface area contributed by atoms with Crippen molar-refractivity contribution in [3.63, 3.8) is 0 Å². The molecule has 0 N–H and O–H groups in total. The first-order valence-corrected chi connectivity index (χ1v) is 18.6. The molecular formula is C47H36N6. The molecule has 6 heteroatoms. The van der Waals surface area contributed by atoms with Crippen molar-refractivity contribution >= 4 is 62.4 Å². The van der Waals surface area contributed by atoms with E-state index in [0.29, 0.717) is 0 Å². The van der Waals surface area contributed by atoms with Gasteiger partial charge in [0.2, 0.25) is 0 Å². The third kappa shape index (κ3) is 3.53. The summed E-state index contributed by atoms with van der Waals surface area (Å²) in [6, 6.07) is 57.1. The molecule has 0 amide bonds. The third-order valence-electron chi connectivity index (χ3n) is 12.9. The SMILES string of the molecule is CC12/C(=C3/CC4N(c5ccccc5)c5ccccc5N4c4ccccc43)C1(C)C1N(c3ccccc3)c3nc4ccccc4nc3N1c1ccccc12. The Morgan fingerprint density at radius 1 is 0.491 bits per heavy atom. The second kappa shape index (κ2) is 10.1. The van der Waals surface area contributed by atoms with Gasteiger partial charge < -0.3 is 19.6 Å². The van der Waals surface area contributed by atoms with Crippen LogP contribution < -0.4 is 19.6 Å². The minimum atomic E-state index is -0.278. The molecule has 254 valence electrons. The summed E-state index contributed by atoms with van der Waals surface area (Å²) in [6.07, 6.45) is 0.901. The van der Waals surface area contributed by atoms with E-state index in [-0.39, 0.29) is 23.2 Å². The Morgan fingerprint density at radius 2 is 1.00 bits per heavy atom. The maximum absolute atomic E-state index is 5.40. The first kappa shape index (κ1) is 29.2. The molecule has 1 saturated carbocycles. The zero-order valence-corrected chi connectivity index (χ0v) is 29.6. The van der Waals surface area contributed by atoms with Crippen molar-refractivity contribution in [1.82, 2.24) is 9.97 Å². The van der Waals surface area contributed by atoms with Crippen LogP contribution in [-0.2, 0) is 5.41 Å². The van der Waals surface area contributed by atoms with E-state index in [1.54, 1.807) is 0 Å². The maximum Gasteiger partial charge on any atom is 0.179 e. The van der Waals surface area contributed by atoms with Gasteiger partial charge in [0.05, 0.1) is 28.1 Å². The number of benzene rings is 6. The van der Waals surface area contributed by atoms with Crippen molar-refractivity contribution in [3.05, 3.63) is 174 Å². The summed E-state index contributed by atoms with van der Waals surface area (Å²) in [5, 5.41) is 0. The van der Waals surface area contributed by atoms with Gasteiger partial charge in [0, 0.05) is 39.9 Å². The monoisotopic (exact) mass is 684 g/mol. The Bertz CT molecular complexity index is 2690. The number of rotatable bonds is 2. The van der Waals surface area contributed by atoms with Gasteiger partial charge in [-0.15, -0.1) is 0 Å². The van der Waals surface area contributed by atoms with E-state index in [9.17, 15) is 0 Å². The fourth-order valence-corrected chi connectivity index (χ4v) is 10.7. The summed E-state index contributed by atoms with van der Waals surface area (Å²) in [6.45, 7) is 5.01. The normalized spacial score (nSPS) is 25.6. The summed E-state index contributed by atoms with van der Waals surface area (Å²) in [7, 11) is 0. The molecule has 0 spiro atoms. The molecule has 6 aromatic carbocycles. The van der Waals surface area contributed by atoms with Crippen LogP contribution in [0.3, 0.4) is 0 Å². The first-order valence-electron chi connectivity index (χ1n) is 18.6. The van der Waals surface area contributed by atoms with Crippen LogP contribution in [0.1, 0.15) is 31.4 Å². The summed E-state index contributed by atoms with van der Waals surface area (Å²) in [4.78, 5) is 20.9. The fourth-order valence-electron chi connectivity index (χ4n) is 10.7. The van der Waals surface area contributed by atoms with E-state index in [4.69, 9.17) is 9.97 Å². The molecule has 0 saturated heterocycles. The van der Waals surface area contributed by atoms with E-state index < -0.39 is 0 Å². The lowest BCUT2D eigenvalue weighted by Gasteiger charge is -2.43. The molecule has 5 heterocycles. The van der Waals surface area contributed by atoms with Crippen LogP contribution in [0.15, 0.2) is 163 Å². The number of anilines is 8. The van der Waals surface area contributed by atoms with Gasteiger partial charge in [0.15, 0.2) is 11.6 Å². The van der Waals surface area contributed by atoms with Crippen LogP contribution in [0.4, 0.5) is 45.8 Å². The Balaban J connectivity index is 1.13. The maximum atomic E-state index is 5.40. The summed E-state index contributed by atoms with van der Waals surface area (Å²) in [5.74, 6) is 1.83. The largest absolute Gasteiger partial charge is 0.318 e. The summed E-state index contributed by atoms with van der Waals surface area (Å²) < 4.78 is 0. The zero-order chi connectivity index (χ0) is 35.1. The second-order valence-electron chi connectivity index (χ2n) is 15.3. The van der Waals surface area contributed by atoms with E-state index in [2.05, 4.69) is 191 Å². The minimum absolute atomic E-state index is 0.0738. The Kier molecular flexibility index (Phi) is 5.59. The van der Waals surface area contributed by atoms with Crippen molar-refractivity contribution in [2.75, 3.05) is 19.6 Å². The highest BCUT2D eigenvalue weighted by Crippen LogP contribution is 2.80. The zero-order valence-electron chi connectivity index (χ0n) is 29.6. The van der Waals surface area contributed by atoms with Crippen LogP contribution in [0.2, 0.25) is 0 Å². The van der Waals surface area contributed by atoms with Crippen molar-refractivity contribution in [2.45, 2.75) is 38.0 Å². The molecule has 6 nitrogen and oxygen atoms in total. The molecule has 4 atom stereocenters. The van der Waals surface area contributed by atoms with Crippen molar-refractivity contribution < 1.29 is 0 Å². The molecule has 1 fully saturated rings. The van der Waals surface area contributed by atoms with Crippen LogP contribution in [0.25, 0.3) is 16.6 Å². The molecule has 4 aliphatic heterocycles. The topological polar surface area (TPSA) is 38.7 Å². The molecule has 0 bridgehead atoms. The number of aromatic nitrogens is 2. The van der Waals surface area contributed by atoms with Gasteiger partial charge in [-0.1, -0.05) is 111 Å². The molecular weight excluding hydrogens is 649 g/mol. The van der Waals surface area contributed by atoms with Crippen molar-refractivity contribution in [2.24, 2.45) is 5.41 Å². The van der Waals surface area contributed by atoms with Gasteiger partial charge in [0.25, 0.3) is 0 Å². The van der Waals surface area contributed by atoms with Gasteiger partial charge >= 0.3 is 0 Å². The molecule has 0 radical (unpaired) electrons. The lowest BCUT2D eigenvalue weighted by molar-refractivity contribution is 0.376. The third-order valence-corrected chi connectivity index (χ3v) is 12.9. The number of fused-ring (bicyclic) bond motifs is 14. The predicted molar refractivity (Wildman–Crippen MR) is 215 cm³/mol. The Morgan fingerprint density at radius 3 is 1.68 bits per heavy atom. The van der Waals surface area contributed by atoms with Gasteiger partial charge in [-0.2, -0.15) is 0 Å². The number of nitrogens with zero attached hydrogens (tertiary/aromatic N) is 6. The van der Waals surface area contributed by atoms with E-state index in [1.165, 1.54) is 50.7 Å². The molecule has 4 unspecified atom stereocenters. The van der Waals surface area contributed by atoms with Crippen LogP contribution >= 0.6 is 0 Å². The Labute approximate surface area is 308 Å². The Hall–Kier alpha value is -6.40. The lowest BCUT2D eigenvalue weighted by Crippen LogP contribution is -2.50. The quantitative estimate of drug-likeness (QED) is 0.180. The van der Waals surface area contributed by atoms with Crippen molar-refractivity contribution in [3.8, 4) is 0 Å². The van der Waals surface area contributed by atoms with Gasteiger partial charge in [0.1, 0.15) is 12.3 Å². The second-order valence-corrected chi connectivity index (χ2v) is 15.3. The number of hydrogen-bond donors (Lipinski definition) is 0. The highest BCUT2D eigenvalue weighted by Gasteiger charge is 2.78. The van der Waals surface area contributed by atoms with E-state index >= 15 is 0 Å². The highest BCUT2D eigenvalue weighted by atomic mass is 15.5. The molecule has 12 rings (SSSR count). The molecule has 7 aromatic rings. The van der Waals surface area contributed by atoms with Gasteiger partial charge in [-0.3, -0.25) is 0 Å². The van der Waals surface area contributed by atoms with Crippen LogP contribution in [0.5, 0.6) is 0 Å². The predicted octanol–water partition coefficient (Wildman–Crippen LogP) is 11.0. The standard InChI is InChI=1S/C47H36N6/c1-46-34-22-10-14-26-38(34)53-44-43(48-35-23-11-12-24-36(35)49-44)51(31-19-7-4-8-20-31)45(53)47(46,2)42(46)33-29-41-50(30-17-5-3-6-18-30)39-27-15-16-28-40(39)52(41)37-25-13-9-21-32(33)37/h3-28,41,45H,29H2,1-2H3/b42-33+. The van der Waals surface area contributed by atoms with Crippen LogP contribution in [-0.4, -0.2) is 22.3 Å². The summed E-state index contributed by atoms with van der Waals surface area (Å²) >= 11 is 0. The van der Waals surface area contributed by atoms with E-state index in [0.717, 1.165) is 34.8 Å². The fraction of sp³-hybridized carbons (Fsp3) is 0.149. The molecule has 1 aliphatic carbocycles. The van der Waals surface area contributed by atoms with Gasteiger partial charge in [-0.05, 0) is 77.4 Å². The number of para-hydroxylation sites is 8. The van der Waals surface area contributed by atoms with Gasteiger partial charge in [-0.25, -0.2) is 9.97 Å². The van der Waals surface area contributed by atoms with E-state index in [1.807, 2.05) is 0 Å². The number of hydrogen-bond acceptors (Lipinski definition) is 6. The average Bonchev–Trinajstić information content (AvgIpc) is 3.42. The van der Waals surface area contributed by atoms with Crippen molar-refractivity contribution in [1.29, 1.82) is 0 Å². The smallest absolute Gasteiger partial charge is 0.179 e. The average molecular weight is 685 g/mol. The van der Waals surface area contributed by atoms with Crippen LogP contribution in [0, 0.1) is 5.41 Å². The molecule has 5 aliphatic rings. The first-order chi connectivity index (χ1) is 26.1. The lowest BCUT2D eigenvalue weighted by atomic mass is 9.81. The minimum Gasteiger partial charge on any atom is -0.318 e. The molecule has 1 aromatic heterocycles.